The zero-order valence-electron chi connectivity index (χ0n) is 17.3. The first-order chi connectivity index (χ1) is 14.6. The van der Waals surface area contributed by atoms with Crippen molar-refractivity contribution in [1.29, 1.82) is 0 Å². The van der Waals surface area contributed by atoms with Gasteiger partial charge in [-0.2, -0.15) is 9.29 Å². The van der Waals surface area contributed by atoms with E-state index in [0.717, 1.165) is 10.9 Å². The number of phosphoric acid groups is 2. The molecule has 0 spiro atoms. The minimum absolute atomic E-state index is 0. The molecular formula is C10H17LiN5O13P3S. The third-order valence-electron chi connectivity index (χ3n) is 3.88. The molecule has 0 aliphatic carbocycles. The van der Waals surface area contributed by atoms with Gasteiger partial charge in [-0.3, -0.25) is 18.9 Å². The number of aromatic nitrogens is 4. The zero-order valence-corrected chi connectivity index (χ0v) is 19.8. The second-order valence-electron chi connectivity index (χ2n) is 6.21. The summed E-state index contributed by atoms with van der Waals surface area (Å²) in [5.74, 6) is -0.262. The molecule has 23 heteroatoms. The number of aliphatic hydroxyl groups excluding tert-OH is 2. The summed E-state index contributed by atoms with van der Waals surface area (Å²) in [5.41, 5.74) is 4.56. The average Bonchev–Trinajstić information content (AvgIpc) is 3.12. The molecule has 2 aromatic heterocycles. The number of hydrogen-bond acceptors (Lipinski definition) is 13. The van der Waals surface area contributed by atoms with Gasteiger partial charge in [-0.15, -0.1) is 0 Å². The van der Waals surface area contributed by atoms with Gasteiger partial charge in [-0.25, -0.2) is 18.4 Å². The van der Waals surface area contributed by atoms with Gasteiger partial charge in [0.2, 0.25) is 5.95 Å². The first-order valence-corrected chi connectivity index (χ1v) is 13.7. The van der Waals surface area contributed by atoms with Crippen molar-refractivity contribution < 1.29 is 77.1 Å². The van der Waals surface area contributed by atoms with Crippen molar-refractivity contribution in [2.24, 2.45) is 0 Å². The molecule has 1 saturated heterocycles. The van der Waals surface area contributed by atoms with E-state index < -0.39 is 59.1 Å². The van der Waals surface area contributed by atoms with E-state index in [9.17, 15) is 33.9 Å². The molecular weight excluding hydrogens is 530 g/mol. The molecule has 1 aliphatic rings. The van der Waals surface area contributed by atoms with E-state index in [1.54, 1.807) is 0 Å². The van der Waals surface area contributed by atoms with Gasteiger partial charge in [0.15, 0.2) is 17.4 Å². The average molecular weight is 547 g/mol. The number of aromatic amines is 1. The van der Waals surface area contributed by atoms with E-state index in [2.05, 4.69) is 39.9 Å². The molecule has 3 rings (SSSR count). The Hall–Kier alpha value is -0.543. The number of H-pyrrole nitrogens is 1. The molecule has 0 amide bonds. The summed E-state index contributed by atoms with van der Waals surface area (Å²) < 4.78 is 41.9. The van der Waals surface area contributed by atoms with Crippen LogP contribution in [0.15, 0.2) is 11.1 Å². The van der Waals surface area contributed by atoms with Crippen LogP contribution >= 0.6 is 22.4 Å². The van der Waals surface area contributed by atoms with Crippen LogP contribution in [0.1, 0.15) is 7.65 Å². The minimum atomic E-state index is -5.52. The molecule has 18 nitrogen and oxygen atoms in total. The number of nitrogens with two attached hydrogens (primary N) is 1. The monoisotopic (exact) mass is 547 g/mol. The molecule has 0 bridgehead atoms. The Morgan fingerprint density at radius 3 is 2.45 bits per heavy atom. The van der Waals surface area contributed by atoms with Crippen molar-refractivity contribution in [1.82, 2.24) is 19.5 Å². The van der Waals surface area contributed by atoms with Gasteiger partial charge in [0.1, 0.15) is 18.3 Å². The summed E-state index contributed by atoms with van der Waals surface area (Å²) in [4.78, 5) is 58.3. The number of nitrogens with zero attached hydrogens (tertiary/aromatic N) is 3. The maximum atomic E-state index is 11.9. The predicted octanol–water partition coefficient (Wildman–Crippen LogP) is -5.10. The van der Waals surface area contributed by atoms with Gasteiger partial charge in [-0.1, -0.05) is 0 Å². The summed E-state index contributed by atoms with van der Waals surface area (Å²) >= 11 is 3.96. The van der Waals surface area contributed by atoms with Crippen molar-refractivity contribution in [3.8, 4) is 0 Å². The summed E-state index contributed by atoms with van der Waals surface area (Å²) in [7, 11) is -10.9. The number of anilines is 1. The molecule has 182 valence electrons. The Kier molecular flexibility index (Phi) is 8.88. The van der Waals surface area contributed by atoms with E-state index in [4.69, 9.17) is 20.3 Å². The van der Waals surface area contributed by atoms with Crippen molar-refractivity contribution >= 4 is 51.3 Å². The summed E-state index contributed by atoms with van der Waals surface area (Å²) in [6, 6.07) is 0. The van der Waals surface area contributed by atoms with Crippen LogP contribution in [0.2, 0.25) is 0 Å². The second-order valence-corrected chi connectivity index (χ2v) is 12.1. The summed E-state index contributed by atoms with van der Waals surface area (Å²) in [6.45, 7) is -5.69. The Balaban J connectivity index is 0.00000289. The standard InChI is InChI=1S/C10H16N5O13P3S.Li.H/c11-10-13-7-4(8(18)14-10)12-2-15(7)9-6(17)5(16)3(26-9)1-25-29(19,20)27-30(21,22)28-31(23,24)32;;/h2-3,5-6,9,16-17H,1H2,(H,19,20)(H,21,22)(H2,23,24,32)(H3,11,13,14,18);;/q;+1;-1/t3-,5-,6-,9-;;/m1../s1. The van der Waals surface area contributed by atoms with Gasteiger partial charge < -0.3 is 41.7 Å². The number of phosphoric ester groups is 1. The predicted molar refractivity (Wildman–Crippen MR) is 106 cm³/mol. The third kappa shape index (κ3) is 7.00. The number of imidazole rings is 1. The summed E-state index contributed by atoms with van der Waals surface area (Å²) in [6.07, 6.45) is -5.18. The molecule has 33 heavy (non-hydrogen) atoms. The third-order valence-corrected chi connectivity index (χ3v) is 8.28. The number of nitrogens with one attached hydrogen (secondary N) is 1. The maximum Gasteiger partial charge on any atom is 1.00 e. The van der Waals surface area contributed by atoms with Crippen molar-refractivity contribution in [2.75, 3.05) is 12.3 Å². The Morgan fingerprint density at radius 1 is 1.21 bits per heavy atom. The number of nitrogen functional groups attached to an aromatic ring is 1. The van der Waals surface area contributed by atoms with Crippen LogP contribution in [-0.2, 0) is 38.8 Å². The Morgan fingerprint density at radius 2 is 1.85 bits per heavy atom. The van der Waals surface area contributed by atoms with Gasteiger partial charge in [0, 0.05) is 0 Å². The van der Waals surface area contributed by atoms with E-state index in [0.29, 0.717) is 0 Å². The van der Waals surface area contributed by atoms with Crippen molar-refractivity contribution in [3.63, 3.8) is 0 Å². The quantitative estimate of drug-likeness (QED) is 0.113. The number of ether oxygens (including phenoxy) is 1. The van der Waals surface area contributed by atoms with Crippen LogP contribution in [0.5, 0.6) is 0 Å². The van der Waals surface area contributed by atoms with E-state index in [-0.39, 0.29) is 37.4 Å². The van der Waals surface area contributed by atoms with Crippen LogP contribution in [0.25, 0.3) is 11.2 Å². The molecule has 0 saturated carbocycles. The van der Waals surface area contributed by atoms with Crippen LogP contribution in [-0.4, -0.2) is 74.2 Å². The molecule has 0 radical (unpaired) electrons. The molecule has 0 aromatic carbocycles. The van der Waals surface area contributed by atoms with Gasteiger partial charge in [-0.05, 0) is 11.8 Å². The second kappa shape index (κ2) is 10.2. The van der Waals surface area contributed by atoms with Crippen molar-refractivity contribution in [2.45, 2.75) is 24.5 Å². The molecule has 2 aromatic rings. The smallest absolute Gasteiger partial charge is 1.00 e. The molecule has 6 atom stereocenters. The topological polar surface area (TPSA) is 282 Å². The van der Waals surface area contributed by atoms with Crippen LogP contribution in [0.3, 0.4) is 0 Å². The fourth-order valence-corrected chi connectivity index (χ4v) is 6.49. The zero-order chi connectivity index (χ0) is 24.1. The SMILES string of the molecule is Nc1nc2c(ncn2[C@@H]2O[C@H](COP(=O)(O)OP(=O)(O)OP(O)(O)=S)[C@@H](O)[C@H]2O)c(=O)[nH]1.[H-].[Li+]. The molecule has 3 heterocycles. The van der Waals surface area contributed by atoms with Crippen LogP contribution in [0.4, 0.5) is 5.95 Å². The first-order valence-electron chi connectivity index (χ1n) is 8.11. The molecule has 2 unspecified atom stereocenters. The normalized spacial score (nSPS) is 27.1. The van der Waals surface area contributed by atoms with Gasteiger partial charge in [0.05, 0.1) is 12.9 Å². The molecule has 1 fully saturated rings. The first kappa shape index (κ1) is 28.7. The van der Waals surface area contributed by atoms with E-state index >= 15 is 0 Å². The van der Waals surface area contributed by atoms with Crippen molar-refractivity contribution in [3.05, 3.63) is 16.7 Å². The van der Waals surface area contributed by atoms with E-state index in [1.807, 2.05) is 0 Å². The molecule has 1 aliphatic heterocycles. The number of hydrogen-bond donors (Lipinski definition) is 8. The Labute approximate surface area is 201 Å². The largest absolute Gasteiger partial charge is 1.00 e. The maximum absolute atomic E-state index is 11.9. The van der Waals surface area contributed by atoms with Gasteiger partial charge >= 0.3 is 41.2 Å². The number of rotatable bonds is 8. The number of fused-ring (bicyclic) bond motifs is 1. The van der Waals surface area contributed by atoms with E-state index in [1.165, 1.54) is 0 Å². The molecule has 9 N–H and O–H groups in total. The van der Waals surface area contributed by atoms with Crippen LogP contribution < -0.4 is 30.2 Å². The minimum Gasteiger partial charge on any atom is -1.00 e. The fourth-order valence-electron chi connectivity index (χ4n) is 2.70. The number of aliphatic hydroxyl groups is 2. The van der Waals surface area contributed by atoms with Gasteiger partial charge in [0.25, 0.3) is 5.56 Å². The fraction of sp³-hybridized carbons (Fsp3) is 0.500. The summed E-state index contributed by atoms with van der Waals surface area (Å²) in [5, 5.41) is 20.5. The Bertz CT molecular complexity index is 1230. The van der Waals surface area contributed by atoms with Crippen LogP contribution in [0, 0.1) is 0 Å².